The number of hydrogen-bond acceptors (Lipinski definition) is 2. The molecule has 0 radical (unpaired) electrons. The molecule has 1 aromatic carbocycles. The summed E-state index contributed by atoms with van der Waals surface area (Å²) in [6, 6.07) is 4.25. The topological polar surface area (TPSA) is 21.3 Å². The lowest BCUT2D eigenvalue weighted by molar-refractivity contribution is 0.399. The summed E-state index contributed by atoms with van der Waals surface area (Å²) in [6.45, 7) is 0. The molecule has 0 bridgehead atoms. The van der Waals surface area contributed by atoms with E-state index in [1.807, 2.05) is 19.2 Å². The predicted octanol–water partition coefficient (Wildman–Crippen LogP) is 2.95. The second kappa shape index (κ2) is 4.42. The zero-order valence-electron chi connectivity index (χ0n) is 9.14. The SMILES string of the molecule is CN[C@H]1CCCc2c(OC)ccc(Cl)c21. The van der Waals surface area contributed by atoms with E-state index >= 15 is 0 Å². The van der Waals surface area contributed by atoms with Gasteiger partial charge in [0.25, 0.3) is 0 Å². The first-order chi connectivity index (χ1) is 7.27. The number of benzene rings is 1. The van der Waals surface area contributed by atoms with Crippen LogP contribution in [0.1, 0.15) is 30.0 Å². The van der Waals surface area contributed by atoms with E-state index in [4.69, 9.17) is 16.3 Å². The van der Waals surface area contributed by atoms with Gasteiger partial charge in [-0.2, -0.15) is 0 Å². The predicted molar refractivity (Wildman–Crippen MR) is 62.7 cm³/mol. The molecule has 0 aliphatic heterocycles. The Kier molecular flexibility index (Phi) is 3.17. The number of halogens is 1. The van der Waals surface area contributed by atoms with Crippen LogP contribution in [0, 0.1) is 0 Å². The minimum absolute atomic E-state index is 0.372. The molecular weight excluding hydrogens is 210 g/mol. The van der Waals surface area contributed by atoms with E-state index in [1.54, 1.807) is 7.11 Å². The van der Waals surface area contributed by atoms with Gasteiger partial charge < -0.3 is 10.1 Å². The largest absolute Gasteiger partial charge is 0.496 e. The van der Waals surface area contributed by atoms with Crippen molar-refractivity contribution in [3.05, 3.63) is 28.3 Å². The van der Waals surface area contributed by atoms with Gasteiger partial charge in [-0.25, -0.2) is 0 Å². The molecular formula is C12H16ClNO. The van der Waals surface area contributed by atoms with E-state index < -0.39 is 0 Å². The third-order valence-corrected chi connectivity index (χ3v) is 3.43. The maximum absolute atomic E-state index is 6.25. The van der Waals surface area contributed by atoms with Crippen molar-refractivity contribution in [1.29, 1.82) is 0 Å². The molecule has 0 heterocycles. The van der Waals surface area contributed by atoms with Gasteiger partial charge in [0.2, 0.25) is 0 Å². The van der Waals surface area contributed by atoms with Gasteiger partial charge in [0.15, 0.2) is 0 Å². The lowest BCUT2D eigenvalue weighted by atomic mass is 9.87. The van der Waals surface area contributed by atoms with Gasteiger partial charge >= 0.3 is 0 Å². The van der Waals surface area contributed by atoms with Gasteiger partial charge in [0.1, 0.15) is 5.75 Å². The van der Waals surface area contributed by atoms with E-state index in [0.29, 0.717) is 6.04 Å². The molecule has 82 valence electrons. The number of fused-ring (bicyclic) bond motifs is 1. The summed E-state index contributed by atoms with van der Waals surface area (Å²) in [4.78, 5) is 0. The second-order valence-corrected chi connectivity index (χ2v) is 4.28. The van der Waals surface area contributed by atoms with Crippen LogP contribution in [0.5, 0.6) is 5.75 Å². The highest BCUT2D eigenvalue weighted by molar-refractivity contribution is 6.31. The number of methoxy groups -OCH3 is 1. The maximum atomic E-state index is 6.25. The molecule has 15 heavy (non-hydrogen) atoms. The van der Waals surface area contributed by atoms with Crippen LogP contribution in [0.3, 0.4) is 0 Å². The fraction of sp³-hybridized carbons (Fsp3) is 0.500. The maximum Gasteiger partial charge on any atom is 0.122 e. The molecule has 2 nitrogen and oxygen atoms in total. The summed E-state index contributed by atoms with van der Waals surface area (Å²) in [5.74, 6) is 0.967. The smallest absolute Gasteiger partial charge is 0.122 e. The first kappa shape index (κ1) is 10.8. The molecule has 0 spiro atoms. The summed E-state index contributed by atoms with van der Waals surface area (Å²) >= 11 is 6.25. The van der Waals surface area contributed by atoms with E-state index in [2.05, 4.69) is 5.32 Å². The zero-order chi connectivity index (χ0) is 10.8. The van der Waals surface area contributed by atoms with Crippen molar-refractivity contribution in [2.45, 2.75) is 25.3 Å². The Hall–Kier alpha value is -0.730. The average molecular weight is 226 g/mol. The highest BCUT2D eigenvalue weighted by Gasteiger charge is 2.24. The third-order valence-electron chi connectivity index (χ3n) is 3.10. The van der Waals surface area contributed by atoms with E-state index in [1.165, 1.54) is 17.5 Å². The standard InChI is InChI=1S/C12H16ClNO/c1-14-10-5-3-4-8-11(15-2)7-6-9(13)12(8)10/h6-7,10,14H,3-5H2,1-2H3/t10-/m0/s1. The van der Waals surface area contributed by atoms with Crippen LogP contribution in [0.4, 0.5) is 0 Å². The van der Waals surface area contributed by atoms with Crippen LogP contribution in [0.15, 0.2) is 12.1 Å². The summed E-state index contributed by atoms with van der Waals surface area (Å²) in [5.41, 5.74) is 2.50. The second-order valence-electron chi connectivity index (χ2n) is 3.88. The minimum atomic E-state index is 0.372. The van der Waals surface area contributed by atoms with Crippen molar-refractivity contribution in [2.75, 3.05) is 14.2 Å². The molecule has 0 saturated heterocycles. The fourth-order valence-corrected chi connectivity index (χ4v) is 2.67. The molecule has 0 saturated carbocycles. The number of hydrogen-bond donors (Lipinski definition) is 1. The molecule has 1 aliphatic rings. The lowest BCUT2D eigenvalue weighted by Gasteiger charge is -2.27. The van der Waals surface area contributed by atoms with E-state index in [-0.39, 0.29) is 0 Å². The van der Waals surface area contributed by atoms with Gasteiger partial charge in [-0.1, -0.05) is 11.6 Å². The molecule has 1 atom stereocenters. The van der Waals surface area contributed by atoms with Crippen molar-refractivity contribution in [2.24, 2.45) is 0 Å². The number of rotatable bonds is 2. The highest BCUT2D eigenvalue weighted by Crippen LogP contribution is 2.39. The van der Waals surface area contributed by atoms with Gasteiger partial charge in [0, 0.05) is 16.6 Å². The highest BCUT2D eigenvalue weighted by atomic mass is 35.5. The molecule has 0 unspecified atom stereocenters. The van der Waals surface area contributed by atoms with Crippen molar-refractivity contribution < 1.29 is 4.74 Å². The van der Waals surface area contributed by atoms with Crippen LogP contribution in [0.25, 0.3) is 0 Å². The summed E-state index contributed by atoms with van der Waals surface area (Å²) in [5, 5.41) is 4.16. The van der Waals surface area contributed by atoms with Gasteiger partial charge in [0.05, 0.1) is 7.11 Å². The Balaban J connectivity index is 2.53. The first-order valence-electron chi connectivity index (χ1n) is 5.30. The van der Waals surface area contributed by atoms with Crippen molar-refractivity contribution in [3.63, 3.8) is 0 Å². The Morgan fingerprint density at radius 1 is 1.47 bits per heavy atom. The molecule has 2 rings (SSSR count). The summed E-state index contributed by atoms with van der Waals surface area (Å²) in [7, 11) is 3.70. The van der Waals surface area contributed by atoms with Crippen LogP contribution in [-0.4, -0.2) is 14.2 Å². The third kappa shape index (κ3) is 1.84. The zero-order valence-corrected chi connectivity index (χ0v) is 9.90. The van der Waals surface area contributed by atoms with Crippen LogP contribution in [0.2, 0.25) is 5.02 Å². The molecule has 0 amide bonds. The Bertz CT molecular complexity index is 365. The Morgan fingerprint density at radius 2 is 2.27 bits per heavy atom. The van der Waals surface area contributed by atoms with E-state index in [0.717, 1.165) is 23.6 Å². The fourth-order valence-electron chi connectivity index (χ4n) is 2.36. The lowest BCUT2D eigenvalue weighted by Crippen LogP contribution is -2.22. The molecule has 0 aromatic heterocycles. The number of nitrogens with one attached hydrogen (secondary N) is 1. The van der Waals surface area contributed by atoms with Crippen LogP contribution >= 0.6 is 11.6 Å². The first-order valence-corrected chi connectivity index (χ1v) is 5.68. The molecule has 3 heteroatoms. The summed E-state index contributed by atoms with van der Waals surface area (Å²) in [6.07, 6.45) is 3.41. The Morgan fingerprint density at radius 3 is 2.93 bits per heavy atom. The van der Waals surface area contributed by atoms with E-state index in [9.17, 15) is 0 Å². The molecule has 1 aromatic rings. The summed E-state index contributed by atoms with van der Waals surface area (Å²) < 4.78 is 5.37. The number of ether oxygens (including phenoxy) is 1. The molecule has 1 N–H and O–H groups in total. The van der Waals surface area contributed by atoms with Crippen LogP contribution < -0.4 is 10.1 Å². The average Bonchev–Trinajstić information content (AvgIpc) is 2.29. The van der Waals surface area contributed by atoms with Crippen molar-refractivity contribution in [3.8, 4) is 5.75 Å². The van der Waals surface area contributed by atoms with Gasteiger partial charge in [-0.15, -0.1) is 0 Å². The minimum Gasteiger partial charge on any atom is -0.496 e. The van der Waals surface area contributed by atoms with Gasteiger partial charge in [-0.05, 0) is 44.0 Å². The van der Waals surface area contributed by atoms with Crippen molar-refractivity contribution in [1.82, 2.24) is 5.32 Å². The molecule has 1 aliphatic carbocycles. The Labute approximate surface area is 95.6 Å². The van der Waals surface area contributed by atoms with Crippen molar-refractivity contribution >= 4 is 11.6 Å². The normalized spacial score (nSPS) is 19.8. The monoisotopic (exact) mass is 225 g/mol. The molecule has 0 fully saturated rings. The van der Waals surface area contributed by atoms with Gasteiger partial charge in [-0.3, -0.25) is 0 Å². The van der Waals surface area contributed by atoms with Crippen LogP contribution in [-0.2, 0) is 6.42 Å². The quantitative estimate of drug-likeness (QED) is 0.836.